The zero-order valence-corrected chi connectivity index (χ0v) is 10.5. The van der Waals surface area contributed by atoms with Gasteiger partial charge in [-0.1, -0.05) is 6.07 Å². The molecule has 18 heavy (non-hydrogen) atoms. The first-order valence-corrected chi connectivity index (χ1v) is 6.72. The molecule has 102 valence electrons. The van der Waals surface area contributed by atoms with E-state index in [1.54, 1.807) is 0 Å². The Bertz CT molecular complexity index is 526. The van der Waals surface area contributed by atoms with Crippen LogP contribution in [-0.4, -0.2) is 28.0 Å². The SMILES string of the molecule is COc1cccc(NS(C)(=O)=O)c1CC(F)(F)F. The Balaban J connectivity index is 3.25. The average Bonchev–Trinajstić information content (AvgIpc) is 2.16. The van der Waals surface area contributed by atoms with E-state index < -0.39 is 22.6 Å². The number of hydrogen-bond donors (Lipinski definition) is 1. The number of halogens is 3. The number of rotatable bonds is 4. The van der Waals surface area contributed by atoms with Crippen LogP contribution in [0.2, 0.25) is 0 Å². The molecule has 0 spiro atoms. The quantitative estimate of drug-likeness (QED) is 0.921. The van der Waals surface area contributed by atoms with Gasteiger partial charge in [-0.3, -0.25) is 4.72 Å². The summed E-state index contributed by atoms with van der Waals surface area (Å²) in [5, 5.41) is 0. The van der Waals surface area contributed by atoms with Crippen molar-refractivity contribution in [2.24, 2.45) is 0 Å². The third-order valence-corrected chi connectivity index (χ3v) is 2.62. The van der Waals surface area contributed by atoms with Gasteiger partial charge in [0, 0.05) is 5.56 Å². The van der Waals surface area contributed by atoms with Crippen LogP contribution in [-0.2, 0) is 16.4 Å². The van der Waals surface area contributed by atoms with E-state index in [9.17, 15) is 21.6 Å². The number of methoxy groups -OCH3 is 1. The van der Waals surface area contributed by atoms with Gasteiger partial charge in [0.25, 0.3) is 0 Å². The molecule has 0 atom stereocenters. The molecular formula is C10H12F3NO3S. The monoisotopic (exact) mass is 283 g/mol. The normalized spacial score (nSPS) is 12.3. The summed E-state index contributed by atoms with van der Waals surface area (Å²) in [5.41, 5.74) is -0.368. The van der Waals surface area contributed by atoms with Crippen molar-refractivity contribution in [3.05, 3.63) is 23.8 Å². The Morgan fingerprint density at radius 2 is 1.94 bits per heavy atom. The van der Waals surface area contributed by atoms with Crippen molar-refractivity contribution < 1.29 is 26.3 Å². The topological polar surface area (TPSA) is 55.4 Å². The highest BCUT2D eigenvalue weighted by molar-refractivity contribution is 7.92. The molecular weight excluding hydrogens is 271 g/mol. The predicted molar refractivity (Wildman–Crippen MR) is 61.2 cm³/mol. The minimum atomic E-state index is -4.46. The summed E-state index contributed by atoms with van der Waals surface area (Å²) in [6.45, 7) is 0. The van der Waals surface area contributed by atoms with Crippen molar-refractivity contribution in [3.8, 4) is 5.75 Å². The molecule has 1 aromatic rings. The molecule has 0 aromatic heterocycles. The molecule has 0 aliphatic heterocycles. The maximum atomic E-state index is 12.4. The summed E-state index contributed by atoms with van der Waals surface area (Å²) in [6.07, 6.45) is -4.86. The molecule has 1 N–H and O–H groups in total. The van der Waals surface area contributed by atoms with Gasteiger partial charge in [0.05, 0.1) is 25.5 Å². The van der Waals surface area contributed by atoms with Crippen molar-refractivity contribution >= 4 is 15.7 Å². The molecule has 0 fully saturated rings. The van der Waals surface area contributed by atoms with E-state index >= 15 is 0 Å². The van der Waals surface area contributed by atoms with E-state index in [0.717, 1.165) is 6.26 Å². The average molecular weight is 283 g/mol. The van der Waals surface area contributed by atoms with Crippen LogP contribution in [0.4, 0.5) is 18.9 Å². The van der Waals surface area contributed by atoms with Gasteiger partial charge in [-0.25, -0.2) is 8.42 Å². The van der Waals surface area contributed by atoms with Crippen molar-refractivity contribution in [1.82, 2.24) is 0 Å². The van der Waals surface area contributed by atoms with Gasteiger partial charge in [0.15, 0.2) is 0 Å². The fraction of sp³-hybridized carbons (Fsp3) is 0.400. The highest BCUT2D eigenvalue weighted by atomic mass is 32.2. The van der Waals surface area contributed by atoms with Crippen LogP contribution in [0.1, 0.15) is 5.56 Å². The first-order chi connectivity index (χ1) is 8.12. The van der Waals surface area contributed by atoms with E-state index in [4.69, 9.17) is 4.74 Å². The Hall–Kier alpha value is -1.44. The van der Waals surface area contributed by atoms with Gasteiger partial charge >= 0.3 is 6.18 Å². The van der Waals surface area contributed by atoms with E-state index in [2.05, 4.69) is 0 Å². The lowest BCUT2D eigenvalue weighted by atomic mass is 10.1. The molecule has 0 saturated carbocycles. The highest BCUT2D eigenvalue weighted by Gasteiger charge is 2.31. The lowest BCUT2D eigenvalue weighted by molar-refractivity contribution is -0.127. The van der Waals surface area contributed by atoms with Crippen LogP contribution < -0.4 is 9.46 Å². The van der Waals surface area contributed by atoms with E-state index in [1.165, 1.54) is 25.3 Å². The molecule has 0 aliphatic carbocycles. The predicted octanol–water partition coefficient (Wildman–Crippen LogP) is 2.17. The van der Waals surface area contributed by atoms with E-state index in [0.29, 0.717) is 0 Å². The summed E-state index contributed by atoms with van der Waals surface area (Å²) in [7, 11) is -2.43. The van der Waals surface area contributed by atoms with Gasteiger partial charge in [-0.15, -0.1) is 0 Å². The minimum absolute atomic E-state index is 0.0130. The molecule has 0 saturated heterocycles. The highest BCUT2D eigenvalue weighted by Crippen LogP contribution is 2.33. The summed E-state index contributed by atoms with van der Waals surface area (Å²) < 4.78 is 66.3. The van der Waals surface area contributed by atoms with Gasteiger partial charge in [-0.05, 0) is 12.1 Å². The number of anilines is 1. The first-order valence-electron chi connectivity index (χ1n) is 4.83. The Morgan fingerprint density at radius 1 is 1.33 bits per heavy atom. The van der Waals surface area contributed by atoms with Crippen molar-refractivity contribution in [2.75, 3.05) is 18.1 Å². The molecule has 0 bridgehead atoms. The maximum Gasteiger partial charge on any atom is 0.393 e. The summed E-state index contributed by atoms with van der Waals surface area (Å²) >= 11 is 0. The molecule has 0 aliphatic rings. The summed E-state index contributed by atoms with van der Waals surface area (Å²) in [6, 6.07) is 4.01. The van der Waals surface area contributed by atoms with E-state index in [1.807, 2.05) is 4.72 Å². The molecule has 1 rings (SSSR count). The number of hydrogen-bond acceptors (Lipinski definition) is 3. The summed E-state index contributed by atoms with van der Waals surface area (Å²) in [5.74, 6) is -0.0130. The minimum Gasteiger partial charge on any atom is -0.496 e. The second-order valence-electron chi connectivity index (χ2n) is 3.65. The van der Waals surface area contributed by atoms with Crippen LogP contribution in [0.3, 0.4) is 0 Å². The van der Waals surface area contributed by atoms with Crippen LogP contribution in [0.5, 0.6) is 5.75 Å². The molecule has 0 unspecified atom stereocenters. The summed E-state index contributed by atoms with van der Waals surface area (Å²) in [4.78, 5) is 0. The molecule has 0 radical (unpaired) electrons. The number of benzene rings is 1. The molecule has 4 nitrogen and oxygen atoms in total. The zero-order chi connectivity index (χ0) is 14.0. The van der Waals surface area contributed by atoms with Crippen LogP contribution in [0, 0.1) is 0 Å². The fourth-order valence-corrected chi connectivity index (χ4v) is 2.03. The number of nitrogens with one attached hydrogen (secondary N) is 1. The zero-order valence-electron chi connectivity index (χ0n) is 9.71. The standard InChI is InChI=1S/C10H12F3NO3S/c1-17-9-5-3-4-8(14-18(2,15)16)7(9)6-10(11,12)13/h3-5,14H,6H2,1-2H3. The Labute approximate surface area is 103 Å². The number of ether oxygens (including phenoxy) is 1. The number of alkyl halides is 3. The molecule has 1 aromatic carbocycles. The third kappa shape index (κ3) is 4.44. The maximum absolute atomic E-state index is 12.4. The molecule has 0 heterocycles. The van der Waals surface area contributed by atoms with Crippen molar-refractivity contribution in [3.63, 3.8) is 0 Å². The lowest BCUT2D eigenvalue weighted by Gasteiger charge is -2.15. The molecule has 0 amide bonds. The Kier molecular flexibility index (Phi) is 4.10. The van der Waals surface area contributed by atoms with Crippen LogP contribution >= 0.6 is 0 Å². The van der Waals surface area contributed by atoms with Gasteiger partial charge in [0.2, 0.25) is 10.0 Å². The van der Waals surface area contributed by atoms with Crippen LogP contribution in [0.15, 0.2) is 18.2 Å². The van der Waals surface area contributed by atoms with E-state index in [-0.39, 0.29) is 17.0 Å². The first kappa shape index (κ1) is 14.6. The van der Waals surface area contributed by atoms with Gasteiger partial charge in [0.1, 0.15) is 5.75 Å². The third-order valence-electron chi connectivity index (χ3n) is 2.03. The fourth-order valence-electron chi connectivity index (χ4n) is 1.44. The van der Waals surface area contributed by atoms with Gasteiger partial charge < -0.3 is 4.74 Å². The van der Waals surface area contributed by atoms with Crippen molar-refractivity contribution in [1.29, 1.82) is 0 Å². The second-order valence-corrected chi connectivity index (χ2v) is 5.40. The second kappa shape index (κ2) is 5.05. The smallest absolute Gasteiger partial charge is 0.393 e. The number of sulfonamides is 1. The van der Waals surface area contributed by atoms with Crippen LogP contribution in [0.25, 0.3) is 0 Å². The largest absolute Gasteiger partial charge is 0.496 e. The molecule has 8 heteroatoms. The Morgan fingerprint density at radius 3 is 2.39 bits per heavy atom. The lowest BCUT2D eigenvalue weighted by Crippen LogP contribution is -2.17. The van der Waals surface area contributed by atoms with Crippen molar-refractivity contribution in [2.45, 2.75) is 12.6 Å². The van der Waals surface area contributed by atoms with Gasteiger partial charge in [-0.2, -0.15) is 13.2 Å².